The van der Waals surface area contributed by atoms with Gasteiger partial charge in [0.25, 0.3) is 0 Å². The lowest BCUT2D eigenvalue weighted by atomic mass is 10.1. The standard InChI is InChI=1S/C18H17BrN2OS/c1-3-21-16-7-5-4-6-15(16)20-18(21)23-12(2)17(22)13-8-10-14(19)11-9-13/h4-12H,3H2,1-2H3/t12-/m0/s1. The van der Waals surface area contributed by atoms with Crippen LogP contribution in [-0.4, -0.2) is 20.6 Å². The Hall–Kier alpha value is -1.59. The van der Waals surface area contributed by atoms with Crippen molar-refractivity contribution < 1.29 is 4.79 Å². The van der Waals surface area contributed by atoms with Crippen molar-refractivity contribution in [1.29, 1.82) is 0 Å². The second-order valence-electron chi connectivity index (χ2n) is 5.26. The molecule has 0 N–H and O–H groups in total. The average Bonchev–Trinajstić information content (AvgIpc) is 2.91. The first-order valence-electron chi connectivity index (χ1n) is 7.52. The number of aryl methyl sites for hydroxylation is 1. The number of fused-ring (bicyclic) bond motifs is 1. The van der Waals surface area contributed by atoms with Crippen molar-refractivity contribution >= 4 is 44.5 Å². The van der Waals surface area contributed by atoms with Crippen LogP contribution >= 0.6 is 27.7 Å². The molecule has 0 aliphatic rings. The highest BCUT2D eigenvalue weighted by Gasteiger charge is 2.20. The van der Waals surface area contributed by atoms with Gasteiger partial charge >= 0.3 is 0 Å². The first-order chi connectivity index (χ1) is 11.1. The van der Waals surface area contributed by atoms with E-state index in [0.717, 1.165) is 32.8 Å². The minimum absolute atomic E-state index is 0.122. The maximum Gasteiger partial charge on any atom is 0.175 e. The summed E-state index contributed by atoms with van der Waals surface area (Å²) in [6, 6.07) is 15.6. The Labute approximate surface area is 148 Å². The van der Waals surface area contributed by atoms with E-state index >= 15 is 0 Å². The number of nitrogens with zero attached hydrogens (tertiary/aromatic N) is 2. The first-order valence-corrected chi connectivity index (χ1v) is 9.19. The van der Waals surface area contributed by atoms with Gasteiger partial charge in [-0.1, -0.05) is 52.0 Å². The lowest BCUT2D eigenvalue weighted by Gasteiger charge is -2.11. The molecule has 0 radical (unpaired) electrons. The monoisotopic (exact) mass is 388 g/mol. The molecule has 0 aliphatic carbocycles. The molecule has 1 heterocycles. The molecular weight excluding hydrogens is 372 g/mol. The van der Waals surface area contributed by atoms with Crippen LogP contribution < -0.4 is 0 Å². The molecule has 1 atom stereocenters. The summed E-state index contributed by atoms with van der Waals surface area (Å²) in [5, 5.41) is 0.713. The number of benzene rings is 2. The molecule has 1 aromatic heterocycles. The molecule has 3 nitrogen and oxygen atoms in total. The number of hydrogen-bond donors (Lipinski definition) is 0. The van der Waals surface area contributed by atoms with Gasteiger partial charge < -0.3 is 4.57 Å². The molecule has 0 spiro atoms. The number of Topliss-reactive ketones (excluding diaryl/α,β-unsaturated/α-hetero) is 1. The van der Waals surface area contributed by atoms with E-state index in [4.69, 9.17) is 0 Å². The summed E-state index contributed by atoms with van der Waals surface area (Å²) in [5.74, 6) is 0.122. The Bertz CT molecular complexity index is 842. The topological polar surface area (TPSA) is 34.9 Å². The summed E-state index contributed by atoms with van der Waals surface area (Å²) in [6.07, 6.45) is 0. The van der Waals surface area contributed by atoms with Gasteiger partial charge in [0.15, 0.2) is 10.9 Å². The fourth-order valence-electron chi connectivity index (χ4n) is 2.51. The fraction of sp³-hybridized carbons (Fsp3) is 0.222. The van der Waals surface area contributed by atoms with E-state index in [-0.39, 0.29) is 11.0 Å². The highest BCUT2D eigenvalue weighted by atomic mass is 79.9. The number of thioether (sulfide) groups is 1. The number of carbonyl (C=O) groups is 1. The van der Waals surface area contributed by atoms with Crippen LogP contribution in [-0.2, 0) is 6.54 Å². The maximum absolute atomic E-state index is 12.6. The molecule has 5 heteroatoms. The highest BCUT2D eigenvalue weighted by molar-refractivity contribution is 9.10. The largest absolute Gasteiger partial charge is 0.319 e. The molecule has 118 valence electrons. The van der Waals surface area contributed by atoms with Crippen LogP contribution in [0.4, 0.5) is 0 Å². The second-order valence-corrected chi connectivity index (χ2v) is 7.48. The summed E-state index contributed by atoms with van der Waals surface area (Å²) in [5.41, 5.74) is 2.81. The molecule has 0 saturated carbocycles. The van der Waals surface area contributed by atoms with Crippen molar-refractivity contribution in [2.24, 2.45) is 0 Å². The Morgan fingerprint density at radius 3 is 2.61 bits per heavy atom. The molecule has 23 heavy (non-hydrogen) atoms. The van der Waals surface area contributed by atoms with Gasteiger partial charge in [-0.15, -0.1) is 0 Å². The Balaban J connectivity index is 1.86. The van der Waals surface area contributed by atoms with Gasteiger partial charge in [-0.2, -0.15) is 0 Å². The number of carbonyl (C=O) groups excluding carboxylic acids is 1. The van der Waals surface area contributed by atoms with Crippen LogP contribution in [0.2, 0.25) is 0 Å². The Morgan fingerprint density at radius 2 is 1.91 bits per heavy atom. The lowest BCUT2D eigenvalue weighted by molar-refractivity contribution is 0.0994. The van der Waals surface area contributed by atoms with Gasteiger partial charge in [-0.25, -0.2) is 4.98 Å². The number of imidazole rings is 1. The van der Waals surface area contributed by atoms with Crippen LogP contribution in [0.1, 0.15) is 24.2 Å². The van der Waals surface area contributed by atoms with Crippen LogP contribution in [0.25, 0.3) is 11.0 Å². The van der Waals surface area contributed by atoms with Gasteiger partial charge in [0, 0.05) is 16.6 Å². The Kier molecular flexibility index (Phi) is 4.87. The van der Waals surface area contributed by atoms with Crippen LogP contribution in [0.3, 0.4) is 0 Å². The summed E-state index contributed by atoms with van der Waals surface area (Å²) < 4.78 is 3.13. The summed E-state index contributed by atoms with van der Waals surface area (Å²) in [4.78, 5) is 17.3. The predicted molar refractivity (Wildman–Crippen MR) is 99.2 cm³/mol. The van der Waals surface area contributed by atoms with Gasteiger partial charge in [0.05, 0.1) is 16.3 Å². The van der Waals surface area contributed by atoms with Crippen LogP contribution in [0.15, 0.2) is 58.2 Å². The lowest BCUT2D eigenvalue weighted by Crippen LogP contribution is -2.14. The predicted octanol–water partition coefficient (Wildman–Crippen LogP) is 5.18. The molecular formula is C18H17BrN2OS. The molecule has 0 amide bonds. The van der Waals surface area contributed by atoms with E-state index in [1.54, 1.807) is 0 Å². The normalized spacial score (nSPS) is 12.5. The van der Waals surface area contributed by atoms with Gasteiger partial charge in [0.2, 0.25) is 0 Å². The molecule has 3 aromatic rings. The number of rotatable bonds is 5. The van der Waals surface area contributed by atoms with E-state index < -0.39 is 0 Å². The SMILES string of the molecule is CCn1c(S[C@@H](C)C(=O)c2ccc(Br)cc2)nc2ccccc21. The van der Waals surface area contributed by atoms with Crippen molar-refractivity contribution in [3.63, 3.8) is 0 Å². The second kappa shape index (κ2) is 6.89. The number of aromatic nitrogens is 2. The molecule has 0 saturated heterocycles. The molecule has 0 aliphatic heterocycles. The molecule has 0 fully saturated rings. The van der Waals surface area contributed by atoms with Crippen molar-refractivity contribution in [2.45, 2.75) is 30.8 Å². The highest BCUT2D eigenvalue weighted by Crippen LogP contribution is 2.29. The molecule has 0 unspecified atom stereocenters. The number of para-hydroxylation sites is 2. The van der Waals surface area contributed by atoms with Crippen LogP contribution in [0.5, 0.6) is 0 Å². The minimum Gasteiger partial charge on any atom is -0.319 e. The molecule has 0 bridgehead atoms. The van der Waals surface area contributed by atoms with E-state index in [1.165, 1.54) is 11.8 Å². The van der Waals surface area contributed by atoms with Crippen LogP contribution in [0, 0.1) is 0 Å². The third-order valence-electron chi connectivity index (χ3n) is 3.72. The van der Waals surface area contributed by atoms with Crippen molar-refractivity contribution in [1.82, 2.24) is 9.55 Å². The van der Waals surface area contributed by atoms with Crippen molar-refractivity contribution in [3.05, 3.63) is 58.6 Å². The summed E-state index contributed by atoms with van der Waals surface area (Å²) in [6.45, 7) is 4.87. The average molecular weight is 389 g/mol. The maximum atomic E-state index is 12.6. The number of hydrogen-bond acceptors (Lipinski definition) is 3. The third kappa shape index (κ3) is 3.35. The van der Waals surface area contributed by atoms with E-state index in [1.807, 2.05) is 49.4 Å². The smallest absolute Gasteiger partial charge is 0.175 e. The first kappa shape index (κ1) is 16.3. The summed E-state index contributed by atoms with van der Waals surface area (Å²) in [7, 11) is 0. The Morgan fingerprint density at radius 1 is 1.22 bits per heavy atom. The quantitative estimate of drug-likeness (QED) is 0.445. The molecule has 2 aromatic carbocycles. The zero-order valence-electron chi connectivity index (χ0n) is 13.0. The molecule has 3 rings (SSSR count). The number of ketones is 1. The van der Waals surface area contributed by atoms with Crippen molar-refractivity contribution in [2.75, 3.05) is 0 Å². The van der Waals surface area contributed by atoms with Gasteiger partial charge in [-0.05, 0) is 38.1 Å². The van der Waals surface area contributed by atoms with Gasteiger partial charge in [-0.3, -0.25) is 4.79 Å². The third-order valence-corrected chi connectivity index (χ3v) is 5.33. The fourth-order valence-corrected chi connectivity index (χ4v) is 3.84. The number of halogens is 1. The minimum atomic E-state index is -0.182. The van der Waals surface area contributed by atoms with Crippen molar-refractivity contribution in [3.8, 4) is 0 Å². The summed E-state index contributed by atoms with van der Waals surface area (Å²) >= 11 is 4.91. The van der Waals surface area contributed by atoms with E-state index in [0.29, 0.717) is 0 Å². The van der Waals surface area contributed by atoms with Gasteiger partial charge in [0.1, 0.15) is 0 Å². The van der Waals surface area contributed by atoms with E-state index in [9.17, 15) is 4.79 Å². The zero-order valence-corrected chi connectivity index (χ0v) is 15.4. The zero-order chi connectivity index (χ0) is 16.4. The van der Waals surface area contributed by atoms with E-state index in [2.05, 4.69) is 38.5 Å².